The standard InChI is InChI=1S/C10H13FN2O2/c11-9-4-2-1-3-8(9)7-12-6-5-10(14)13-15/h1-4,12,15H,5-7H2,(H,13,14). The highest BCUT2D eigenvalue weighted by molar-refractivity contribution is 5.74. The predicted molar refractivity (Wildman–Crippen MR) is 52.7 cm³/mol. The lowest BCUT2D eigenvalue weighted by Gasteiger charge is -2.04. The minimum atomic E-state index is -0.462. The lowest BCUT2D eigenvalue weighted by Crippen LogP contribution is -2.25. The summed E-state index contributed by atoms with van der Waals surface area (Å²) >= 11 is 0. The second kappa shape index (κ2) is 6.10. The van der Waals surface area contributed by atoms with Gasteiger partial charge in [-0.2, -0.15) is 0 Å². The van der Waals surface area contributed by atoms with E-state index in [2.05, 4.69) is 5.32 Å². The van der Waals surface area contributed by atoms with Crippen LogP contribution in [0, 0.1) is 5.82 Å². The Labute approximate surface area is 87.1 Å². The average Bonchev–Trinajstić information content (AvgIpc) is 2.26. The molecule has 1 amide bonds. The Kier molecular flexibility index (Phi) is 4.73. The minimum absolute atomic E-state index is 0.158. The Morgan fingerprint density at radius 2 is 2.13 bits per heavy atom. The molecule has 0 fully saturated rings. The molecule has 0 saturated carbocycles. The second-order valence-corrected chi connectivity index (χ2v) is 3.05. The molecule has 82 valence electrons. The number of hydrogen-bond acceptors (Lipinski definition) is 3. The first-order valence-electron chi connectivity index (χ1n) is 4.61. The molecule has 0 aliphatic rings. The number of hydrogen-bond donors (Lipinski definition) is 3. The SMILES string of the molecule is O=C(CCNCc1ccccc1F)NO. The van der Waals surface area contributed by atoms with Gasteiger partial charge in [-0.1, -0.05) is 18.2 Å². The molecule has 0 aromatic heterocycles. The van der Waals surface area contributed by atoms with E-state index in [-0.39, 0.29) is 12.2 Å². The van der Waals surface area contributed by atoms with E-state index in [0.717, 1.165) is 0 Å². The van der Waals surface area contributed by atoms with Crippen molar-refractivity contribution in [1.29, 1.82) is 0 Å². The maximum Gasteiger partial charge on any atom is 0.244 e. The number of benzene rings is 1. The van der Waals surface area contributed by atoms with Gasteiger partial charge in [0, 0.05) is 25.1 Å². The van der Waals surface area contributed by atoms with Crippen molar-refractivity contribution in [3.63, 3.8) is 0 Å². The van der Waals surface area contributed by atoms with Crippen LogP contribution in [0.5, 0.6) is 0 Å². The maximum absolute atomic E-state index is 13.1. The fourth-order valence-corrected chi connectivity index (χ4v) is 1.12. The van der Waals surface area contributed by atoms with Crippen LogP contribution < -0.4 is 10.8 Å². The van der Waals surface area contributed by atoms with Gasteiger partial charge >= 0.3 is 0 Å². The van der Waals surface area contributed by atoms with Crippen LogP contribution in [0.15, 0.2) is 24.3 Å². The summed E-state index contributed by atoms with van der Waals surface area (Å²) in [7, 11) is 0. The van der Waals surface area contributed by atoms with Gasteiger partial charge in [-0.25, -0.2) is 9.87 Å². The molecule has 0 heterocycles. The van der Waals surface area contributed by atoms with Crippen LogP contribution in [0.1, 0.15) is 12.0 Å². The normalized spacial score (nSPS) is 10.0. The molecule has 5 heteroatoms. The summed E-state index contributed by atoms with van der Waals surface area (Å²) in [5, 5.41) is 11.1. The number of carbonyl (C=O) groups excluding carboxylic acids is 1. The first kappa shape index (κ1) is 11.6. The lowest BCUT2D eigenvalue weighted by atomic mass is 10.2. The van der Waals surface area contributed by atoms with E-state index in [0.29, 0.717) is 18.7 Å². The summed E-state index contributed by atoms with van der Waals surface area (Å²) in [5.41, 5.74) is 2.08. The van der Waals surface area contributed by atoms with Crippen molar-refractivity contribution in [1.82, 2.24) is 10.8 Å². The molecule has 0 aliphatic heterocycles. The van der Waals surface area contributed by atoms with Gasteiger partial charge in [0.05, 0.1) is 0 Å². The van der Waals surface area contributed by atoms with Crippen LogP contribution in [0.2, 0.25) is 0 Å². The predicted octanol–water partition coefficient (Wildman–Crippen LogP) is 0.811. The maximum atomic E-state index is 13.1. The molecule has 1 aromatic carbocycles. The van der Waals surface area contributed by atoms with Gasteiger partial charge in [-0.05, 0) is 6.07 Å². The van der Waals surface area contributed by atoms with Gasteiger partial charge < -0.3 is 5.32 Å². The Morgan fingerprint density at radius 1 is 1.40 bits per heavy atom. The number of nitrogens with one attached hydrogen (secondary N) is 2. The molecule has 0 atom stereocenters. The van der Waals surface area contributed by atoms with E-state index in [1.165, 1.54) is 11.5 Å². The topological polar surface area (TPSA) is 61.4 Å². The van der Waals surface area contributed by atoms with Gasteiger partial charge in [-0.3, -0.25) is 10.0 Å². The van der Waals surface area contributed by atoms with Gasteiger partial charge in [0.1, 0.15) is 5.82 Å². The summed E-state index contributed by atoms with van der Waals surface area (Å²) in [5.74, 6) is -0.729. The third kappa shape index (κ3) is 4.05. The van der Waals surface area contributed by atoms with Crippen LogP contribution in [-0.4, -0.2) is 17.7 Å². The van der Waals surface area contributed by atoms with Crippen LogP contribution in [0.3, 0.4) is 0 Å². The van der Waals surface area contributed by atoms with E-state index in [1.807, 2.05) is 0 Å². The molecular weight excluding hydrogens is 199 g/mol. The van der Waals surface area contributed by atoms with Crippen molar-refractivity contribution in [3.05, 3.63) is 35.6 Å². The average molecular weight is 212 g/mol. The molecule has 0 radical (unpaired) electrons. The third-order valence-electron chi connectivity index (χ3n) is 1.93. The highest BCUT2D eigenvalue weighted by Gasteiger charge is 2.01. The largest absolute Gasteiger partial charge is 0.312 e. The number of carbonyl (C=O) groups is 1. The van der Waals surface area contributed by atoms with Crippen LogP contribution in [-0.2, 0) is 11.3 Å². The van der Waals surface area contributed by atoms with Crippen molar-refractivity contribution in [2.24, 2.45) is 0 Å². The molecule has 1 rings (SSSR count). The first-order chi connectivity index (χ1) is 7.24. The molecule has 3 N–H and O–H groups in total. The van der Waals surface area contributed by atoms with Gasteiger partial charge in [-0.15, -0.1) is 0 Å². The highest BCUT2D eigenvalue weighted by atomic mass is 19.1. The molecule has 15 heavy (non-hydrogen) atoms. The number of amides is 1. The molecule has 0 saturated heterocycles. The van der Waals surface area contributed by atoms with Gasteiger partial charge in [0.15, 0.2) is 0 Å². The zero-order chi connectivity index (χ0) is 11.1. The zero-order valence-electron chi connectivity index (χ0n) is 8.16. The molecule has 0 aliphatic carbocycles. The molecule has 0 unspecified atom stereocenters. The quantitative estimate of drug-likeness (QED) is 0.384. The monoisotopic (exact) mass is 212 g/mol. The Balaban J connectivity index is 2.26. The van der Waals surface area contributed by atoms with Crippen molar-refractivity contribution in [3.8, 4) is 0 Å². The Hall–Kier alpha value is -1.46. The number of halogens is 1. The van der Waals surface area contributed by atoms with Crippen LogP contribution >= 0.6 is 0 Å². The summed E-state index contributed by atoms with van der Waals surface area (Å²) in [4.78, 5) is 10.6. The van der Waals surface area contributed by atoms with E-state index < -0.39 is 5.91 Å². The Morgan fingerprint density at radius 3 is 2.80 bits per heavy atom. The summed E-state index contributed by atoms with van der Waals surface area (Å²) in [6.07, 6.45) is 0.158. The molecule has 0 spiro atoms. The fraction of sp³-hybridized carbons (Fsp3) is 0.300. The van der Waals surface area contributed by atoms with Crippen LogP contribution in [0.4, 0.5) is 4.39 Å². The van der Waals surface area contributed by atoms with Crippen molar-refractivity contribution in [2.45, 2.75) is 13.0 Å². The Bertz CT molecular complexity index is 331. The number of rotatable bonds is 5. The molecular formula is C10H13FN2O2. The van der Waals surface area contributed by atoms with Crippen molar-refractivity contribution >= 4 is 5.91 Å². The summed E-state index contributed by atoms with van der Waals surface area (Å²) < 4.78 is 13.1. The lowest BCUT2D eigenvalue weighted by molar-refractivity contribution is -0.129. The fourth-order valence-electron chi connectivity index (χ4n) is 1.12. The van der Waals surface area contributed by atoms with E-state index >= 15 is 0 Å². The van der Waals surface area contributed by atoms with E-state index in [4.69, 9.17) is 5.21 Å². The van der Waals surface area contributed by atoms with Crippen molar-refractivity contribution < 1.29 is 14.4 Å². The minimum Gasteiger partial charge on any atom is -0.312 e. The highest BCUT2D eigenvalue weighted by Crippen LogP contribution is 2.05. The first-order valence-corrected chi connectivity index (χ1v) is 4.61. The smallest absolute Gasteiger partial charge is 0.244 e. The second-order valence-electron chi connectivity index (χ2n) is 3.05. The van der Waals surface area contributed by atoms with Gasteiger partial charge in [0.25, 0.3) is 0 Å². The van der Waals surface area contributed by atoms with Crippen molar-refractivity contribution in [2.75, 3.05) is 6.54 Å². The van der Waals surface area contributed by atoms with E-state index in [9.17, 15) is 9.18 Å². The van der Waals surface area contributed by atoms with Gasteiger partial charge in [0.2, 0.25) is 5.91 Å². The zero-order valence-corrected chi connectivity index (χ0v) is 8.16. The molecule has 4 nitrogen and oxygen atoms in total. The molecule has 1 aromatic rings. The number of hydroxylamine groups is 1. The van der Waals surface area contributed by atoms with Crippen LogP contribution in [0.25, 0.3) is 0 Å². The summed E-state index contributed by atoms with van der Waals surface area (Å²) in [6.45, 7) is 0.756. The molecule has 0 bridgehead atoms. The van der Waals surface area contributed by atoms with E-state index in [1.54, 1.807) is 18.2 Å². The summed E-state index contributed by atoms with van der Waals surface area (Å²) in [6, 6.07) is 6.43. The third-order valence-corrected chi connectivity index (χ3v) is 1.93.